The van der Waals surface area contributed by atoms with E-state index >= 15 is 0 Å². The predicted octanol–water partition coefficient (Wildman–Crippen LogP) is 4.54. The molecule has 3 aromatic rings. The van der Waals surface area contributed by atoms with Crippen LogP contribution in [0.15, 0.2) is 54.6 Å². The van der Waals surface area contributed by atoms with Crippen molar-refractivity contribution in [3.63, 3.8) is 0 Å². The van der Waals surface area contributed by atoms with Gasteiger partial charge < -0.3 is 9.64 Å². The molecule has 1 unspecified atom stereocenters. The number of amides is 1. The van der Waals surface area contributed by atoms with Crippen LogP contribution in [-0.2, 0) is 4.79 Å². The van der Waals surface area contributed by atoms with Gasteiger partial charge in [-0.25, -0.2) is 4.98 Å². The van der Waals surface area contributed by atoms with E-state index in [0.29, 0.717) is 0 Å². The molecule has 1 amide bonds. The van der Waals surface area contributed by atoms with Gasteiger partial charge in [0.15, 0.2) is 0 Å². The average Bonchev–Trinajstić information content (AvgIpc) is 3.09. The zero-order chi connectivity index (χ0) is 17.8. The molecule has 0 radical (unpaired) electrons. The Balaban J connectivity index is 1.71. The second-order valence-corrected chi connectivity index (χ2v) is 6.81. The van der Waals surface area contributed by atoms with Crippen molar-refractivity contribution in [3.05, 3.63) is 65.2 Å². The molecule has 5 heteroatoms. The average molecular weight is 352 g/mol. The molecule has 0 spiro atoms. The number of likely N-dealkylation sites (N-methyl/N-ethyl adjacent to an activating group) is 1. The predicted molar refractivity (Wildman–Crippen MR) is 103 cm³/mol. The Bertz CT molecular complexity index is 866. The van der Waals surface area contributed by atoms with Crippen LogP contribution < -0.4 is 4.74 Å². The molecule has 0 aliphatic rings. The molecule has 1 atom stereocenters. The second-order valence-electron chi connectivity index (χ2n) is 5.75. The highest BCUT2D eigenvalue weighted by Gasteiger charge is 2.19. The molecule has 1 aromatic heterocycles. The standard InChI is InChI=1S/C20H20N2O2S/c1-14(20-21-17-6-4-5-7-18(17)25-20)22(2)19(23)13-10-15-8-11-16(24-3)12-9-15/h4-14H,1-3H3. The Hall–Kier alpha value is -2.66. The summed E-state index contributed by atoms with van der Waals surface area (Å²) in [5.74, 6) is 0.743. The minimum Gasteiger partial charge on any atom is -0.497 e. The quantitative estimate of drug-likeness (QED) is 0.633. The molecule has 0 aliphatic heterocycles. The van der Waals surface area contributed by atoms with Crippen LogP contribution in [0, 0.1) is 0 Å². The fourth-order valence-corrected chi connectivity index (χ4v) is 3.49. The van der Waals surface area contributed by atoms with Crippen molar-refractivity contribution in [3.8, 4) is 5.75 Å². The summed E-state index contributed by atoms with van der Waals surface area (Å²) in [6.07, 6.45) is 3.40. The molecule has 4 nitrogen and oxygen atoms in total. The number of hydrogen-bond donors (Lipinski definition) is 0. The highest BCUT2D eigenvalue weighted by molar-refractivity contribution is 7.18. The third-order valence-corrected chi connectivity index (χ3v) is 5.34. The van der Waals surface area contributed by atoms with Crippen LogP contribution in [0.1, 0.15) is 23.5 Å². The maximum atomic E-state index is 12.5. The minimum absolute atomic E-state index is 0.0532. The largest absolute Gasteiger partial charge is 0.497 e. The lowest BCUT2D eigenvalue weighted by Gasteiger charge is -2.21. The first-order chi connectivity index (χ1) is 12.1. The molecule has 0 N–H and O–H groups in total. The molecule has 25 heavy (non-hydrogen) atoms. The molecule has 0 aliphatic carbocycles. The van der Waals surface area contributed by atoms with Crippen LogP contribution in [-0.4, -0.2) is 29.9 Å². The number of carbonyl (C=O) groups is 1. The summed E-state index contributed by atoms with van der Waals surface area (Å²) in [6, 6.07) is 15.5. The third-order valence-electron chi connectivity index (χ3n) is 4.13. The molecule has 3 rings (SSSR count). The highest BCUT2D eigenvalue weighted by atomic mass is 32.1. The van der Waals surface area contributed by atoms with E-state index in [0.717, 1.165) is 26.5 Å². The second kappa shape index (κ2) is 7.49. The summed E-state index contributed by atoms with van der Waals surface area (Å²) < 4.78 is 6.27. The molecule has 0 bridgehead atoms. The summed E-state index contributed by atoms with van der Waals surface area (Å²) in [5.41, 5.74) is 1.93. The third kappa shape index (κ3) is 3.88. The maximum Gasteiger partial charge on any atom is 0.246 e. The number of carbonyl (C=O) groups excluding carboxylic acids is 1. The van der Waals surface area contributed by atoms with E-state index in [1.807, 2.05) is 55.5 Å². The molecule has 0 saturated heterocycles. The van der Waals surface area contributed by atoms with Crippen molar-refractivity contribution in [1.29, 1.82) is 0 Å². The van der Waals surface area contributed by atoms with Crippen LogP contribution in [0.3, 0.4) is 0 Å². The van der Waals surface area contributed by atoms with Gasteiger partial charge >= 0.3 is 0 Å². The van der Waals surface area contributed by atoms with Crippen molar-refractivity contribution in [2.45, 2.75) is 13.0 Å². The molecule has 2 aromatic carbocycles. The fourth-order valence-electron chi connectivity index (χ4n) is 2.43. The van der Waals surface area contributed by atoms with E-state index in [2.05, 4.69) is 11.1 Å². The number of hydrogen-bond acceptors (Lipinski definition) is 4. The fraction of sp³-hybridized carbons (Fsp3) is 0.200. The van der Waals surface area contributed by atoms with E-state index in [-0.39, 0.29) is 11.9 Å². The Morgan fingerprint density at radius 3 is 2.60 bits per heavy atom. The van der Waals surface area contributed by atoms with Gasteiger partial charge in [0.25, 0.3) is 0 Å². The van der Waals surface area contributed by atoms with Crippen molar-refractivity contribution in [1.82, 2.24) is 9.88 Å². The number of para-hydroxylation sites is 1. The number of aromatic nitrogens is 1. The summed E-state index contributed by atoms with van der Waals surface area (Å²) >= 11 is 1.63. The van der Waals surface area contributed by atoms with Gasteiger partial charge in [-0.2, -0.15) is 0 Å². The first-order valence-electron chi connectivity index (χ1n) is 8.03. The van der Waals surface area contributed by atoms with Gasteiger partial charge in [-0.15, -0.1) is 11.3 Å². The normalized spacial score (nSPS) is 12.4. The Morgan fingerprint density at radius 2 is 1.92 bits per heavy atom. The number of fused-ring (bicyclic) bond motifs is 1. The van der Waals surface area contributed by atoms with Crippen molar-refractivity contribution in [2.24, 2.45) is 0 Å². The molecular weight excluding hydrogens is 332 g/mol. The smallest absolute Gasteiger partial charge is 0.246 e. The van der Waals surface area contributed by atoms with Crippen molar-refractivity contribution >= 4 is 33.5 Å². The first kappa shape index (κ1) is 17.2. The number of thiazole rings is 1. The van der Waals surface area contributed by atoms with Crippen molar-refractivity contribution < 1.29 is 9.53 Å². The van der Waals surface area contributed by atoms with Crippen LogP contribution in [0.4, 0.5) is 0 Å². The zero-order valence-electron chi connectivity index (χ0n) is 14.5. The number of benzene rings is 2. The van der Waals surface area contributed by atoms with Gasteiger partial charge in [0.2, 0.25) is 5.91 Å². The van der Waals surface area contributed by atoms with Gasteiger partial charge in [-0.1, -0.05) is 24.3 Å². The summed E-state index contributed by atoms with van der Waals surface area (Å²) in [6.45, 7) is 2.00. The molecule has 1 heterocycles. The van der Waals surface area contributed by atoms with E-state index in [9.17, 15) is 4.79 Å². The molecule has 0 saturated carbocycles. The first-order valence-corrected chi connectivity index (χ1v) is 8.84. The van der Waals surface area contributed by atoms with Crippen LogP contribution in [0.2, 0.25) is 0 Å². The zero-order valence-corrected chi connectivity index (χ0v) is 15.3. The molecule has 128 valence electrons. The Labute approximate surface area is 151 Å². The SMILES string of the molecule is COc1ccc(C=CC(=O)N(C)C(C)c2nc3ccccc3s2)cc1. The van der Waals surface area contributed by atoms with E-state index in [1.54, 1.807) is 36.5 Å². The number of ether oxygens (including phenoxy) is 1. The minimum atomic E-state index is -0.0783. The number of methoxy groups -OCH3 is 1. The van der Waals surface area contributed by atoms with E-state index in [4.69, 9.17) is 4.74 Å². The van der Waals surface area contributed by atoms with Gasteiger partial charge in [0, 0.05) is 13.1 Å². The van der Waals surface area contributed by atoms with Gasteiger partial charge in [0.05, 0.1) is 23.4 Å². The Kier molecular flexibility index (Phi) is 5.14. The highest BCUT2D eigenvalue weighted by Crippen LogP contribution is 2.28. The molecule has 0 fully saturated rings. The lowest BCUT2D eigenvalue weighted by atomic mass is 10.2. The summed E-state index contributed by atoms with van der Waals surface area (Å²) in [7, 11) is 3.43. The topological polar surface area (TPSA) is 42.4 Å². The van der Waals surface area contributed by atoms with Crippen LogP contribution in [0.5, 0.6) is 5.75 Å². The maximum absolute atomic E-state index is 12.5. The van der Waals surface area contributed by atoms with Crippen LogP contribution in [0.25, 0.3) is 16.3 Å². The van der Waals surface area contributed by atoms with E-state index in [1.165, 1.54) is 0 Å². The van der Waals surface area contributed by atoms with Gasteiger partial charge in [0.1, 0.15) is 10.8 Å². The lowest BCUT2D eigenvalue weighted by molar-refractivity contribution is -0.126. The van der Waals surface area contributed by atoms with Gasteiger partial charge in [-0.05, 0) is 42.8 Å². The van der Waals surface area contributed by atoms with E-state index < -0.39 is 0 Å². The number of nitrogens with zero attached hydrogens (tertiary/aromatic N) is 2. The summed E-state index contributed by atoms with van der Waals surface area (Å²) in [5, 5.41) is 0.940. The van der Waals surface area contributed by atoms with Gasteiger partial charge in [-0.3, -0.25) is 4.79 Å². The Morgan fingerprint density at radius 1 is 1.20 bits per heavy atom. The monoisotopic (exact) mass is 352 g/mol. The number of rotatable bonds is 5. The van der Waals surface area contributed by atoms with Crippen LogP contribution >= 0.6 is 11.3 Å². The lowest BCUT2D eigenvalue weighted by Crippen LogP contribution is -2.27. The van der Waals surface area contributed by atoms with Crippen molar-refractivity contribution in [2.75, 3.05) is 14.2 Å². The summed E-state index contributed by atoms with van der Waals surface area (Å²) in [4.78, 5) is 18.8. The molecular formula is C20H20N2O2S.